The number of benzene rings is 1. The number of hydrogen-bond donors (Lipinski definition) is 1. The Labute approximate surface area is 148 Å². The molecule has 6 nitrogen and oxygen atoms in total. The highest BCUT2D eigenvalue weighted by Crippen LogP contribution is 2.23. The fourth-order valence-electron chi connectivity index (χ4n) is 1.95. The third-order valence-corrected chi connectivity index (χ3v) is 2.99. The van der Waals surface area contributed by atoms with Gasteiger partial charge in [0.15, 0.2) is 5.82 Å². The molecule has 0 radical (unpaired) electrons. The third-order valence-electron chi connectivity index (χ3n) is 2.99. The van der Waals surface area contributed by atoms with Crippen molar-refractivity contribution in [3.8, 4) is 11.5 Å². The summed E-state index contributed by atoms with van der Waals surface area (Å²) in [5.41, 5.74) is 0.850. The molecule has 0 unspecified atom stereocenters. The summed E-state index contributed by atoms with van der Waals surface area (Å²) in [5, 5.41) is 5.60. The van der Waals surface area contributed by atoms with Gasteiger partial charge in [-0.3, -0.25) is 4.79 Å². The van der Waals surface area contributed by atoms with E-state index in [1.807, 2.05) is 0 Å². The van der Waals surface area contributed by atoms with Crippen molar-refractivity contribution >= 4 is 5.91 Å². The smallest absolute Gasteiger partial charge is 0.362 e. The fourth-order valence-corrected chi connectivity index (χ4v) is 1.95. The highest BCUT2D eigenvalue weighted by atomic mass is 19.4. The van der Waals surface area contributed by atoms with Crippen molar-refractivity contribution in [1.29, 1.82) is 0 Å². The average molecular weight is 397 g/mol. The van der Waals surface area contributed by atoms with Crippen LogP contribution in [0.4, 0.5) is 26.3 Å². The zero-order valence-corrected chi connectivity index (χ0v) is 13.5. The molecule has 0 atom stereocenters. The molecular formula is C15H13F6N3O3. The zero-order valence-electron chi connectivity index (χ0n) is 13.5. The van der Waals surface area contributed by atoms with Crippen molar-refractivity contribution in [2.24, 2.45) is 0 Å². The lowest BCUT2D eigenvalue weighted by molar-refractivity contribution is -0.175. The van der Waals surface area contributed by atoms with Gasteiger partial charge in [-0.15, -0.1) is 0 Å². The van der Waals surface area contributed by atoms with Crippen LogP contribution in [0.1, 0.15) is 11.4 Å². The van der Waals surface area contributed by atoms with Gasteiger partial charge in [0.1, 0.15) is 19.6 Å². The molecule has 0 fully saturated rings. The number of ether oxygens (including phenoxy) is 1. The average Bonchev–Trinajstić information content (AvgIpc) is 2.98. The largest absolute Gasteiger partial charge is 0.411 e. The van der Waals surface area contributed by atoms with Crippen LogP contribution in [0, 0.1) is 0 Å². The Morgan fingerprint density at radius 1 is 1.15 bits per heavy atom. The Morgan fingerprint density at radius 3 is 2.56 bits per heavy atom. The molecule has 0 spiro atoms. The molecule has 2 rings (SSSR count). The second-order valence-corrected chi connectivity index (χ2v) is 5.39. The lowest BCUT2D eigenvalue weighted by atomic mass is 10.1. The Balaban J connectivity index is 1.91. The van der Waals surface area contributed by atoms with Crippen LogP contribution >= 0.6 is 0 Å². The number of carbonyl (C=O) groups excluding carboxylic acids is 1. The van der Waals surface area contributed by atoms with E-state index in [9.17, 15) is 31.1 Å². The Hall–Kier alpha value is -2.63. The summed E-state index contributed by atoms with van der Waals surface area (Å²) >= 11 is 0. The molecule has 1 N–H and O–H groups in total. The van der Waals surface area contributed by atoms with Gasteiger partial charge in [-0.05, 0) is 17.7 Å². The lowest BCUT2D eigenvalue weighted by Crippen LogP contribution is -2.29. The van der Waals surface area contributed by atoms with E-state index >= 15 is 0 Å². The summed E-state index contributed by atoms with van der Waals surface area (Å²) in [7, 11) is 0. The molecule has 148 valence electrons. The standard InChI is InChI=1S/C15H13F6N3O3/c16-14(17,18)5-11-23-13(27-24-11)10-3-1-2-9(4-10)6-22-12(25)7-26-8-15(19,20)21/h1-4H,5-8H2,(H,22,25). The number of halogens is 6. The van der Waals surface area contributed by atoms with Gasteiger partial charge in [0.2, 0.25) is 5.91 Å². The molecule has 0 aliphatic rings. The van der Waals surface area contributed by atoms with E-state index in [-0.39, 0.29) is 12.4 Å². The SMILES string of the molecule is O=C(COCC(F)(F)F)NCc1cccc(-c2nc(CC(F)(F)F)no2)c1. The van der Waals surface area contributed by atoms with Crippen molar-refractivity contribution < 1.29 is 40.4 Å². The third kappa shape index (κ3) is 7.64. The van der Waals surface area contributed by atoms with Crippen LogP contribution in [0.15, 0.2) is 28.8 Å². The molecule has 0 saturated heterocycles. The van der Waals surface area contributed by atoms with Crippen LogP contribution < -0.4 is 5.32 Å². The van der Waals surface area contributed by atoms with E-state index in [0.29, 0.717) is 11.1 Å². The highest BCUT2D eigenvalue weighted by Gasteiger charge is 2.30. The number of aromatic nitrogens is 2. The maximum atomic E-state index is 12.3. The summed E-state index contributed by atoms with van der Waals surface area (Å²) in [4.78, 5) is 15.1. The van der Waals surface area contributed by atoms with Gasteiger partial charge in [-0.1, -0.05) is 17.3 Å². The number of nitrogens with one attached hydrogen (secondary N) is 1. The molecule has 1 amide bonds. The summed E-state index contributed by atoms with van der Waals surface area (Å²) in [6, 6.07) is 6.14. The first-order chi connectivity index (χ1) is 12.5. The number of rotatable bonds is 7. The van der Waals surface area contributed by atoms with Crippen molar-refractivity contribution in [2.75, 3.05) is 13.2 Å². The molecular weight excluding hydrogens is 384 g/mol. The van der Waals surface area contributed by atoms with Crippen molar-refractivity contribution in [3.05, 3.63) is 35.7 Å². The van der Waals surface area contributed by atoms with E-state index in [0.717, 1.165) is 0 Å². The second kappa shape index (κ2) is 8.37. The number of amides is 1. The molecule has 1 aromatic heterocycles. The minimum absolute atomic E-state index is 0.0361. The molecule has 1 aromatic carbocycles. The number of nitrogens with zero attached hydrogens (tertiary/aromatic N) is 2. The van der Waals surface area contributed by atoms with Crippen LogP contribution in [0.3, 0.4) is 0 Å². The van der Waals surface area contributed by atoms with Gasteiger partial charge in [0.05, 0.1) is 0 Å². The van der Waals surface area contributed by atoms with E-state index in [4.69, 9.17) is 4.52 Å². The van der Waals surface area contributed by atoms with E-state index in [2.05, 4.69) is 20.2 Å². The maximum absolute atomic E-state index is 12.3. The number of alkyl halides is 6. The van der Waals surface area contributed by atoms with Gasteiger partial charge in [-0.2, -0.15) is 31.3 Å². The monoisotopic (exact) mass is 397 g/mol. The van der Waals surface area contributed by atoms with Crippen molar-refractivity contribution in [3.63, 3.8) is 0 Å². The van der Waals surface area contributed by atoms with E-state index < -0.39 is 43.7 Å². The Bertz CT molecular complexity index is 773. The number of carbonyl (C=O) groups is 1. The van der Waals surface area contributed by atoms with Crippen LogP contribution in [0.25, 0.3) is 11.5 Å². The van der Waals surface area contributed by atoms with Gasteiger partial charge >= 0.3 is 12.4 Å². The normalized spacial score (nSPS) is 12.2. The minimum Gasteiger partial charge on any atom is -0.362 e. The van der Waals surface area contributed by atoms with Crippen molar-refractivity contribution in [2.45, 2.75) is 25.3 Å². The summed E-state index contributed by atoms with van der Waals surface area (Å²) in [5.74, 6) is -1.40. The minimum atomic E-state index is -4.52. The molecule has 1 heterocycles. The first-order valence-corrected chi connectivity index (χ1v) is 7.42. The highest BCUT2D eigenvalue weighted by molar-refractivity contribution is 5.77. The van der Waals surface area contributed by atoms with Gasteiger partial charge in [-0.25, -0.2) is 0 Å². The second-order valence-electron chi connectivity index (χ2n) is 5.39. The Morgan fingerprint density at radius 2 is 1.89 bits per heavy atom. The quantitative estimate of drug-likeness (QED) is 0.727. The molecule has 0 aliphatic heterocycles. The van der Waals surface area contributed by atoms with E-state index in [1.165, 1.54) is 12.1 Å². The van der Waals surface area contributed by atoms with Crippen LogP contribution in [-0.2, 0) is 22.5 Å². The van der Waals surface area contributed by atoms with E-state index in [1.54, 1.807) is 12.1 Å². The van der Waals surface area contributed by atoms with Crippen molar-refractivity contribution in [1.82, 2.24) is 15.5 Å². The summed E-state index contributed by atoms with van der Waals surface area (Å²) in [6.07, 6.45) is -10.3. The molecule has 0 bridgehead atoms. The molecule has 0 saturated carbocycles. The molecule has 27 heavy (non-hydrogen) atoms. The molecule has 2 aromatic rings. The fraction of sp³-hybridized carbons (Fsp3) is 0.400. The first-order valence-electron chi connectivity index (χ1n) is 7.42. The lowest BCUT2D eigenvalue weighted by Gasteiger charge is -2.08. The van der Waals surface area contributed by atoms with Crippen LogP contribution in [0.2, 0.25) is 0 Å². The number of hydrogen-bond acceptors (Lipinski definition) is 5. The zero-order chi connectivity index (χ0) is 20.1. The first kappa shape index (κ1) is 20.7. The van der Waals surface area contributed by atoms with Gasteiger partial charge < -0.3 is 14.6 Å². The van der Waals surface area contributed by atoms with Gasteiger partial charge in [0.25, 0.3) is 5.89 Å². The molecule has 12 heteroatoms. The van der Waals surface area contributed by atoms with Crippen LogP contribution in [0.5, 0.6) is 0 Å². The van der Waals surface area contributed by atoms with Gasteiger partial charge in [0, 0.05) is 12.1 Å². The maximum Gasteiger partial charge on any atom is 0.411 e. The molecule has 0 aliphatic carbocycles. The predicted octanol–water partition coefficient (Wildman–Crippen LogP) is 3.04. The Kier molecular flexibility index (Phi) is 6.41. The topological polar surface area (TPSA) is 77.2 Å². The predicted molar refractivity (Wildman–Crippen MR) is 78.2 cm³/mol. The summed E-state index contributed by atoms with van der Waals surface area (Å²) in [6.45, 7) is -2.33. The van der Waals surface area contributed by atoms with Crippen LogP contribution in [-0.4, -0.2) is 41.6 Å². The summed E-state index contributed by atoms with van der Waals surface area (Å²) < 4.78 is 81.7.